The van der Waals surface area contributed by atoms with E-state index in [0.717, 1.165) is 11.1 Å². The lowest BCUT2D eigenvalue weighted by molar-refractivity contribution is -0.136. The first-order valence-corrected chi connectivity index (χ1v) is 7.50. The molecule has 1 aromatic carbocycles. The zero-order valence-corrected chi connectivity index (χ0v) is 11.6. The minimum atomic E-state index is -3.65. The van der Waals surface area contributed by atoms with Gasteiger partial charge in [0.15, 0.2) is 15.1 Å². The standard InChI is InChI=1S/C13H18O4S/c1-4-12(13(14)15)18(16,17)8-11-6-5-9(2)10(3)7-11/h5-7,12H,4,8H2,1-3H3,(H,14,15). The van der Waals surface area contributed by atoms with Crippen LogP contribution >= 0.6 is 0 Å². The Morgan fingerprint density at radius 1 is 1.28 bits per heavy atom. The van der Waals surface area contributed by atoms with Crippen molar-refractivity contribution < 1.29 is 18.3 Å². The number of aryl methyl sites for hydroxylation is 2. The van der Waals surface area contributed by atoms with Gasteiger partial charge >= 0.3 is 5.97 Å². The highest BCUT2D eigenvalue weighted by atomic mass is 32.2. The first kappa shape index (κ1) is 14.7. The fourth-order valence-electron chi connectivity index (χ4n) is 1.81. The summed E-state index contributed by atoms with van der Waals surface area (Å²) in [5.74, 6) is -1.50. The van der Waals surface area contributed by atoms with Gasteiger partial charge in [-0.1, -0.05) is 25.1 Å². The summed E-state index contributed by atoms with van der Waals surface area (Å²) in [4.78, 5) is 10.9. The van der Waals surface area contributed by atoms with Crippen molar-refractivity contribution >= 4 is 15.8 Å². The number of sulfone groups is 1. The van der Waals surface area contributed by atoms with E-state index < -0.39 is 21.1 Å². The molecule has 100 valence electrons. The lowest BCUT2D eigenvalue weighted by Gasteiger charge is -2.12. The third kappa shape index (κ3) is 3.32. The predicted octanol–water partition coefficient (Wildman–Crippen LogP) is 2.08. The van der Waals surface area contributed by atoms with E-state index in [0.29, 0.717) is 5.56 Å². The molecule has 0 amide bonds. The Morgan fingerprint density at radius 3 is 2.33 bits per heavy atom. The molecular formula is C13H18O4S. The fraction of sp³-hybridized carbons (Fsp3) is 0.462. The van der Waals surface area contributed by atoms with Gasteiger partial charge in [-0.15, -0.1) is 0 Å². The molecule has 4 nitrogen and oxygen atoms in total. The SMILES string of the molecule is CCC(C(=O)O)S(=O)(=O)Cc1ccc(C)c(C)c1. The van der Waals surface area contributed by atoms with E-state index in [4.69, 9.17) is 5.11 Å². The van der Waals surface area contributed by atoms with Crippen LogP contribution in [0.2, 0.25) is 0 Å². The summed E-state index contributed by atoms with van der Waals surface area (Å²) in [5.41, 5.74) is 2.73. The number of carbonyl (C=O) groups is 1. The lowest BCUT2D eigenvalue weighted by atomic mass is 10.1. The van der Waals surface area contributed by atoms with Crippen molar-refractivity contribution in [1.29, 1.82) is 0 Å². The molecule has 0 fully saturated rings. The van der Waals surface area contributed by atoms with Gasteiger partial charge in [-0.05, 0) is 37.0 Å². The van der Waals surface area contributed by atoms with Gasteiger partial charge in [-0.25, -0.2) is 8.42 Å². The Labute approximate surface area is 108 Å². The van der Waals surface area contributed by atoms with Gasteiger partial charge in [-0.2, -0.15) is 0 Å². The minimum Gasteiger partial charge on any atom is -0.480 e. The molecule has 1 unspecified atom stereocenters. The van der Waals surface area contributed by atoms with Gasteiger partial charge in [0.1, 0.15) is 0 Å². The van der Waals surface area contributed by atoms with Gasteiger partial charge in [-0.3, -0.25) is 4.79 Å². The van der Waals surface area contributed by atoms with Gasteiger partial charge in [0.05, 0.1) is 5.75 Å². The number of rotatable bonds is 5. The summed E-state index contributed by atoms with van der Waals surface area (Å²) in [6, 6.07) is 5.37. The average molecular weight is 270 g/mol. The molecule has 1 N–H and O–H groups in total. The van der Waals surface area contributed by atoms with Gasteiger partial charge < -0.3 is 5.11 Å². The van der Waals surface area contributed by atoms with Crippen LogP contribution in [-0.2, 0) is 20.4 Å². The summed E-state index contributed by atoms with van der Waals surface area (Å²) in [7, 11) is -3.65. The first-order valence-electron chi connectivity index (χ1n) is 5.78. The normalized spacial score (nSPS) is 13.3. The van der Waals surface area contributed by atoms with Crippen LogP contribution in [0.4, 0.5) is 0 Å². The quantitative estimate of drug-likeness (QED) is 0.889. The number of hydrogen-bond donors (Lipinski definition) is 1. The number of carboxylic acids is 1. The van der Waals surface area contributed by atoms with Crippen molar-refractivity contribution in [3.8, 4) is 0 Å². The largest absolute Gasteiger partial charge is 0.480 e. The van der Waals surface area contributed by atoms with Gasteiger partial charge in [0, 0.05) is 0 Å². The lowest BCUT2D eigenvalue weighted by Crippen LogP contribution is -2.30. The zero-order valence-electron chi connectivity index (χ0n) is 10.8. The van der Waals surface area contributed by atoms with Crippen LogP contribution in [0.25, 0.3) is 0 Å². The summed E-state index contributed by atoms with van der Waals surface area (Å²) in [6.45, 7) is 5.41. The van der Waals surface area contributed by atoms with E-state index in [1.807, 2.05) is 19.9 Å². The van der Waals surface area contributed by atoms with E-state index in [1.54, 1.807) is 19.1 Å². The molecule has 0 saturated carbocycles. The maximum absolute atomic E-state index is 12.0. The zero-order chi connectivity index (χ0) is 13.9. The second kappa shape index (κ2) is 5.52. The number of carboxylic acid groups (broad SMARTS) is 1. The molecule has 0 aromatic heterocycles. The van der Waals surface area contributed by atoms with Crippen molar-refractivity contribution in [3.63, 3.8) is 0 Å². The molecule has 0 aliphatic heterocycles. The van der Waals surface area contributed by atoms with E-state index in [2.05, 4.69) is 0 Å². The highest BCUT2D eigenvalue weighted by molar-refractivity contribution is 7.92. The monoisotopic (exact) mass is 270 g/mol. The molecule has 5 heteroatoms. The number of hydrogen-bond acceptors (Lipinski definition) is 3. The molecule has 0 heterocycles. The topological polar surface area (TPSA) is 71.4 Å². The number of benzene rings is 1. The molecule has 1 atom stereocenters. The summed E-state index contributed by atoms with van der Waals surface area (Å²) in [6.07, 6.45) is 0.0858. The van der Waals surface area contributed by atoms with Crippen LogP contribution in [0.1, 0.15) is 30.0 Å². The van der Waals surface area contributed by atoms with E-state index in [-0.39, 0.29) is 12.2 Å². The van der Waals surface area contributed by atoms with Crippen LogP contribution in [0.15, 0.2) is 18.2 Å². The molecule has 0 saturated heterocycles. The Kier molecular flexibility index (Phi) is 4.51. The highest BCUT2D eigenvalue weighted by Crippen LogP contribution is 2.17. The van der Waals surface area contributed by atoms with Crippen molar-refractivity contribution in [2.24, 2.45) is 0 Å². The summed E-state index contributed by atoms with van der Waals surface area (Å²) in [5, 5.41) is 7.59. The van der Waals surface area contributed by atoms with Crippen LogP contribution in [-0.4, -0.2) is 24.7 Å². The molecule has 0 aliphatic carbocycles. The van der Waals surface area contributed by atoms with Gasteiger partial charge in [0.2, 0.25) is 0 Å². The van der Waals surface area contributed by atoms with Crippen molar-refractivity contribution in [2.45, 2.75) is 38.2 Å². The van der Waals surface area contributed by atoms with Crippen molar-refractivity contribution in [2.75, 3.05) is 0 Å². The molecule has 0 aliphatic rings. The molecule has 1 aromatic rings. The molecule has 1 rings (SSSR count). The molecule has 0 spiro atoms. The van der Waals surface area contributed by atoms with E-state index in [1.165, 1.54) is 0 Å². The van der Waals surface area contributed by atoms with Crippen LogP contribution in [0.3, 0.4) is 0 Å². The maximum Gasteiger partial charge on any atom is 0.321 e. The molecule has 0 bridgehead atoms. The highest BCUT2D eigenvalue weighted by Gasteiger charge is 2.30. The third-order valence-electron chi connectivity index (χ3n) is 3.02. The Hall–Kier alpha value is -1.36. The third-order valence-corrected chi connectivity index (χ3v) is 5.16. The van der Waals surface area contributed by atoms with Crippen molar-refractivity contribution in [3.05, 3.63) is 34.9 Å². The van der Waals surface area contributed by atoms with Crippen molar-refractivity contribution in [1.82, 2.24) is 0 Å². The average Bonchev–Trinajstić information content (AvgIpc) is 2.22. The van der Waals surface area contributed by atoms with Crippen LogP contribution in [0.5, 0.6) is 0 Å². The Balaban J connectivity index is 3.01. The van der Waals surface area contributed by atoms with Gasteiger partial charge in [0.25, 0.3) is 0 Å². The first-order chi connectivity index (χ1) is 8.27. The second-order valence-corrected chi connectivity index (χ2v) is 6.64. The predicted molar refractivity (Wildman–Crippen MR) is 70.3 cm³/mol. The smallest absolute Gasteiger partial charge is 0.321 e. The Morgan fingerprint density at radius 2 is 1.89 bits per heavy atom. The summed E-state index contributed by atoms with van der Waals surface area (Å²) < 4.78 is 24.0. The van der Waals surface area contributed by atoms with Crippen LogP contribution in [0, 0.1) is 13.8 Å². The number of aliphatic carboxylic acids is 1. The fourth-order valence-corrected chi connectivity index (χ4v) is 3.47. The van der Waals surface area contributed by atoms with Crippen LogP contribution < -0.4 is 0 Å². The maximum atomic E-state index is 12.0. The molecule has 0 radical (unpaired) electrons. The molecular weight excluding hydrogens is 252 g/mol. The van der Waals surface area contributed by atoms with E-state index >= 15 is 0 Å². The van der Waals surface area contributed by atoms with E-state index in [9.17, 15) is 13.2 Å². The second-order valence-electron chi connectivity index (χ2n) is 4.46. The molecule has 18 heavy (non-hydrogen) atoms. The summed E-state index contributed by atoms with van der Waals surface area (Å²) >= 11 is 0. The Bertz CT molecular complexity index is 546. The minimum absolute atomic E-state index is 0.0858.